The SMILES string of the molecule is Cc1ccc(NC(=O)Cc2nc(-c3sccc3Br)cs2)cc1. The first-order valence-electron chi connectivity index (χ1n) is 6.66. The van der Waals surface area contributed by atoms with Crippen molar-refractivity contribution in [3.63, 3.8) is 0 Å². The number of carbonyl (C=O) groups is 1. The number of benzene rings is 1. The molecule has 0 radical (unpaired) electrons. The van der Waals surface area contributed by atoms with Gasteiger partial charge in [-0.1, -0.05) is 17.7 Å². The van der Waals surface area contributed by atoms with Crippen LogP contribution in [0.2, 0.25) is 0 Å². The summed E-state index contributed by atoms with van der Waals surface area (Å²) < 4.78 is 1.04. The van der Waals surface area contributed by atoms with Gasteiger partial charge in [0.2, 0.25) is 5.91 Å². The highest BCUT2D eigenvalue weighted by Crippen LogP contribution is 2.34. The molecule has 0 saturated heterocycles. The standard InChI is InChI=1S/C16H13BrN2OS2/c1-10-2-4-11(5-3-10)18-14(20)8-15-19-13(9-22-15)16-12(17)6-7-21-16/h2-7,9H,8H2,1H3,(H,18,20). The maximum Gasteiger partial charge on any atom is 0.231 e. The van der Waals surface area contributed by atoms with Crippen LogP contribution < -0.4 is 5.32 Å². The number of thiophene rings is 1. The molecular formula is C16H13BrN2OS2. The Balaban J connectivity index is 1.66. The molecule has 0 unspecified atom stereocenters. The summed E-state index contributed by atoms with van der Waals surface area (Å²) in [5, 5.41) is 7.72. The fourth-order valence-corrected chi connectivity index (χ4v) is 4.35. The van der Waals surface area contributed by atoms with E-state index >= 15 is 0 Å². The van der Waals surface area contributed by atoms with Gasteiger partial charge in [0.05, 0.1) is 17.0 Å². The number of nitrogens with one attached hydrogen (secondary N) is 1. The van der Waals surface area contributed by atoms with Gasteiger partial charge >= 0.3 is 0 Å². The molecule has 3 rings (SSSR count). The first-order chi connectivity index (χ1) is 10.6. The number of aryl methyl sites for hydroxylation is 1. The van der Waals surface area contributed by atoms with Crippen molar-refractivity contribution in [3.8, 4) is 10.6 Å². The predicted molar refractivity (Wildman–Crippen MR) is 96.6 cm³/mol. The van der Waals surface area contributed by atoms with E-state index in [-0.39, 0.29) is 5.91 Å². The number of aromatic nitrogens is 1. The second-order valence-corrected chi connectivity index (χ2v) is 7.53. The van der Waals surface area contributed by atoms with Crippen LogP contribution in [-0.4, -0.2) is 10.9 Å². The molecule has 6 heteroatoms. The fourth-order valence-electron chi connectivity index (χ4n) is 1.95. The summed E-state index contributed by atoms with van der Waals surface area (Å²) in [7, 11) is 0. The molecule has 1 aromatic carbocycles. The lowest BCUT2D eigenvalue weighted by Crippen LogP contribution is -2.14. The molecule has 0 aliphatic rings. The molecule has 3 aromatic rings. The lowest BCUT2D eigenvalue weighted by atomic mass is 10.2. The summed E-state index contributed by atoms with van der Waals surface area (Å²) in [6, 6.07) is 9.77. The summed E-state index contributed by atoms with van der Waals surface area (Å²) in [6.45, 7) is 2.02. The highest BCUT2D eigenvalue weighted by molar-refractivity contribution is 9.10. The molecule has 22 heavy (non-hydrogen) atoms. The van der Waals surface area contributed by atoms with E-state index in [2.05, 4.69) is 26.2 Å². The zero-order chi connectivity index (χ0) is 15.5. The van der Waals surface area contributed by atoms with Crippen molar-refractivity contribution in [1.82, 2.24) is 4.98 Å². The molecule has 0 aliphatic carbocycles. The van der Waals surface area contributed by atoms with Crippen molar-refractivity contribution in [1.29, 1.82) is 0 Å². The summed E-state index contributed by atoms with van der Waals surface area (Å²) in [5.74, 6) is -0.0463. The van der Waals surface area contributed by atoms with Crippen LogP contribution in [0.3, 0.4) is 0 Å². The molecule has 112 valence electrons. The van der Waals surface area contributed by atoms with E-state index in [1.807, 2.05) is 48.0 Å². The Kier molecular flexibility index (Phi) is 4.71. The number of amides is 1. The summed E-state index contributed by atoms with van der Waals surface area (Å²) in [6.07, 6.45) is 0.293. The Hall–Kier alpha value is -1.50. The zero-order valence-corrected chi connectivity index (χ0v) is 15.0. The van der Waals surface area contributed by atoms with Crippen LogP contribution in [0.1, 0.15) is 10.6 Å². The topological polar surface area (TPSA) is 42.0 Å². The second kappa shape index (κ2) is 6.73. The van der Waals surface area contributed by atoms with Crippen molar-refractivity contribution in [3.05, 3.63) is 56.1 Å². The number of anilines is 1. The molecule has 0 spiro atoms. The molecule has 2 heterocycles. The fraction of sp³-hybridized carbons (Fsp3) is 0.125. The van der Waals surface area contributed by atoms with Gasteiger partial charge in [-0.05, 0) is 46.4 Å². The first kappa shape index (κ1) is 15.4. The molecule has 2 aromatic heterocycles. The van der Waals surface area contributed by atoms with Gasteiger partial charge < -0.3 is 5.32 Å². The maximum atomic E-state index is 12.1. The monoisotopic (exact) mass is 392 g/mol. The molecule has 0 aliphatic heterocycles. The zero-order valence-electron chi connectivity index (χ0n) is 11.8. The third-order valence-electron chi connectivity index (χ3n) is 3.05. The van der Waals surface area contributed by atoms with Crippen molar-refractivity contribution >= 4 is 50.2 Å². The first-order valence-corrected chi connectivity index (χ1v) is 9.21. The van der Waals surface area contributed by atoms with E-state index in [9.17, 15) is 4.79 Å². The van der Waals surface area contributed by atoms with Gasteiger partial charge in [-0.15, -0.1) is 22.7 Å². The second-order valence-electron chi connectivity index (χ2n) is 4.82. The molecule has 1 amide bonds. The van der Waals surface area contributed by atoms with Crippen molar-refractivity contribution in [2.75, 3.05) is 5.32 Å². The number of hydrogen-bond acceptors (Lipinski definition) is 4. The molecular weight excluding hydrogens is 380 g/mol. The number of hydrogen-bond donors (Lipinski definition) is 1. The number of halogens is 1. The minimum atomic E-state index is -0.0463. The third kappa shape index (κ3) is 3.63. The Morgan fingerprint density at radius 3 is 2.68 bits per heavy atom. The minimum absolute atomic E-state index is 0.0463. The van der Waals surface area contributed by atoms with Crippen LogP contribution in [0.15, 0.2) is 45.6 Å². The van der Waals surface area contributed by atoms with Gasteiger partial charge in [-0.3, -0.25) is 4.79 Å². The molecule has 0 bridgehead atoms. The largest absolute Gasteiger partial charge is 0.326 e. The van der Waals surface area contributed by atoms with E-state index in [1.54, 1.807) is 11.3 Å². The maximum absolute atomic E-state index is 12.1. The van der Waals surface area contributed by atoms with Crippen molar-refractivity contribution in [2.24, 2.45) is 0 Å². The minimum Gasteiger partial charge on any atom is -0.326 e. The van der Waals surface area contributed by atoms with Crippen LogP contribution in [-0.2, 0) is 11.2 Å². The quantitative estimate of drug-likeness (QED) is 0.668. The van der Waals surface area contributed by atoms with Gasteiger partial charge in [0.1, 0.15) is 5.01 Å². The summed E-state index contributed by atoms with van der Waals surface area (Å²) in [5.41, 5.74) is 2.91. The Morgan fingerprint density at radius 2 is 2.00 bits per heavy atom. The van der Waals surface area contributed by atoms with Crippen LogP contribution in [0, 0.1) is 6.92 Å². The Morgan fingerprint density at radius 1 is 1.23 bits per heavy atom. The van der Waals surface area contributed by atoms with Crippen LogP contribution in [0.4, 0.5) is 5.69 Å². The van der Waals surface area contributed by atoms with Gasteiger partial charge in [0.15, 0.2) is 0 Å². The van der Waals surface area contributed by atoms with Gasteiger partial charge in [0.25, 0.3) is 0 Å². The van der Waals surface area contributed by atoms with Crippen LogP contribution in [0.25, 0.3) is 10.6 Å². The Labute approximate surface area is 145 Å². The predicted octanol–water partition coefficient (Wildman–Crippen LogP) is 5.12. The lowest BCUT2D eigenvalue weighted by Gasteiger charge is -2.04. The Bertz CT molecular complexity index is 793. The molecule has 0 fully saturated rings. The molecule has 0 atom stereocenters. The van der Waals surface area contributed by atoms with Crippen molar-refractivity contribution < 1.29 is 4.79 Å². The van der Waals surface area contributed by atoms with E-state index < -0.39 is 0 Å². The third-order valence-corrected chi connectivity index (χ3v) is 5.76. The number of carbonyl (C=O) groups excluding carboxylic acids is 1. The van der Waals surface area contributed by atoms with Gasteiger partial charge in [-0.2, -0.15) is 0 Å². The average Bonchev–Trinajstić information content (AvgIpc) is 3.10. The number of rotatable bonds is 4. The van der Waals surface area contributed by atoms with E-state index in [4.69, 9.17) is 0 Å². The van der Waals surface area contributed by atoms with E-state index in [1.165, 1.54) is 16.9 Å². The normalized spacial score (nSPS) is 10.6. The average molecular weight is 393 g/mol. The highest BCUT2D eigenvalue weighted by Gasteiger charge is 2.12. The summed E-state index contributed by atoms with van der Waals surface area (Å²) >= 11 is 6.66. The van der Waals surface area contributed by atoms with E-state index in [0.29, 0.717) is 6.42 Å². The van der Waals surface area contributed by atoms with Crippen LogP contribution in [0.5, 0.6) is 0 Å². The molecule has 1 N–H and O–H groups in total. The van der Waals surface area contributed by atoms with Gasteiger partial charge in [0, 0.05) is 15.5 Å². The number of nitrogens with zero attached hydrogens (tertiary/aromatic N) is 1. The molecule has 0 saturated carbocycles. The highest BCUT2D eigenvalue weighted by atomic mass is 79.9. The van der Waals surface area contributed by atoms with Gasteiger partial charge in [-0.25, -0.2) is 4.98 Å². The molecule has 3 nitrogen and oxygen atoms in total. The van der Waals surface area contributed by atoms with E-state index in [0.717, 1.165) is 25.7 Å². The number of thiazole rings is 1. The summed E-state index contributed by atoms with van der Waals surface area (Å²) in [4.78, 5) is 17.7. The van der Waals surface area contributed by atoms with Crippen molar-refractivity contribution in [2.45, 2.75) is 13.3 Å². The van der Waals surface area contributed by atoms with Crippen LogP contribution >= 0.6 is 38.6 Å². The smallest absolute Gasteiger partial charge is 0.231 e. The lowest BCUT2D eigenvalue weighted by molar-refractivity contribution is -0.115.